The van der Waals surface area contributed by atoms with Gasteiger partial charge in [-0.15, -0.1) is 0 Å². The zero-order chi connectivity index (χ0) is 18.2. The summed E-state index contributed by atoms with van der Waals surface area (Å²) in [7, 11) is 1.54. The molecule has 0 spiro atoms. The number of ether oxygens (including phenoxy) is 2. The van der Waals surface area contributed by atoms with Gasteiger partial charge >= 0.3 is 5.97 Å². The van der Waals surface area contributed by atoms with Crippen molar-refractivity contribution in [2.75, 3.05) is 7.11 Å². The lowest BCUT2D eigenvalue weighted by molar-refractivity contribution is -0.384. The first-order chi connectivity index (χ1) is 12.0. The molecule has 0 atom stereocenters. The molecular weight excluding hydrogens is 324 g/mol. The Hall–Kier alpha value is -3.66. The minimum absolute atomic E-state index is 0.0489. The van der Waals surface area contributed by atoms with Crippen LogP contribution in [0.4, 0.5) is 5.69 Å². The number of nitro benzene ring substituents is 1. The van der Waals surface area contributed by atoms with Crippen LogP contribution in [0.1, 0.15) is 11.1 Å². The molecular formula is C18H14N2O5. The number of methoxy groups -OCH3 is 1. The topological polar surface area (TPSA) is 102 Å². The van der Waals surface area contributed by atoms with Crippen LogP contribution >= 0.6 is 0 Å². The predicted octanol–water partition coefficient (Wildman–Crippen LogP) is 3.25. The molecule has 0 aliphatic rings. The first-order valence-corrected chi connectivity index (χ1v) is 7.20. The highest BCUT2D eigenvalue weighted by atomic mass is 16.6. The third kappa shape index (κ3) is 4.91. The molecule has 126 valence electrons. The highest BCUT2D eigenvalue weighted by Gasteiger charge is 2.12. The van der Waals surface area contributed by atoms with Gasteiger partial charge < -0.3 is 9.47 Å². The minimum Gasteiger partial charge on any atom is -0.497 e. The number of carbonyl (C=O) groups excluding carboxylic acids is 1. The number of hydrogen-bond acceptors (Lipinski definition) is 6. The van der Waals surface area contributed by atoms with Gasteiger partial charge in [0.15, 0.2) is 0 Å². The summed E-state index contributed by atoms with van der Waals surface area (Å²) in [5.41, 5.74) is 1.05. The molecule has 0 aromatic heterocycles. The minimum atomic E-state index is -0.767. The first-order valence-electron chi connectivity index (χ1n) is 7.20. The van der Waals surface area contributed by atoms with E-state index in [9.17, 15) is 14.9 Å². The van der Waals surface area contributed by atoms with Crippen LogP contribution in [-0.4, -0.2) is 18.0 Å². The molecule has 0 amide bonds. The fraction of sp³-hybridized carbons (Fsp3) is 0.111. The number of esters is 1. The largest absolute Gasteiger partial charge is 0.497 e. The van der Waals surface area contributed by atoms with Gasteiger partial charge in [0.2, 0.25) is 0 Å². The van der Waals surface area contributed by atoms with Crippen LogP contribution in [0.5, 0.6) is 5.75 Å². The monoisotopic (exact) mass is 338 g/mol. The maximum absolute atomic E-state index is 12.0. The first kappa shape index (κ1) is 17.7. The Labute approximate surface area is 143 Å². The summed E-state index contributed by atoms with van der Waals surface area (Å²) in [5, 5.41) is 19.7. The number of rotatable bonds is 6. The van der Waals surface area contributed by atoms with Gasteiger partial charge in [-0.05, 0) is 41.5 Å². The molecule has 0 fully saturated rings. The van der Waals surface area contributed by atoms with Crippen molar-refractivity contribution >= 4 is 17.7 Å². The Morgan fingerprint density at radius 3 is 2.36 bits per heavy atom. The van der Waals surface area contributed by atoms with Gasteiger partial charge in [-0.2, -0.15) is 5.26 Å². The molecule has 25 heavy (non-hydrogen) atoms. The third-order valence-electron chi connectivity index (χ3n) is 3.28. The molecule has 0 saturated carbocycles. The lowest BCUT2D eigenvalue weighted by Crippen LogP contribution is -2.06. The molecule has 0 heterocycles. The van der Waals surface area contributed by atoms with E-state index in [2.05, 4.69) is 0 Å². The summed E-state index contributed by atoms with van der Waals surface area (Å²) in [5.74, 6) is -0.104. The fourth-order valence-corrected chi connectivity index (χ4v) is 1.94. The van der Waals surface area contributed by atoms with E-state index in [0.29, 0.717) is 16.9 Å². The summed E-state index contributed by atoms with van der Waals surface area (Å²) >= 11 is 0. The van der Waals surface area contributed by atoms with Gasteiger partial charge in [0.1, 0.15) is 24.0 Å². The second-order valence-corrected chi connectivity index (χ2v) is 4.94. The second-order valence-electron chi connectivity index (χ2n) is 4.94. The van der Waals surface area contributed by atoms with Gasteiger partial charge in [-0.3, -0.25) is 10.1 Å². The van der Waals surface area contributed by atoms with Crippen molar-refractivity contribution in [2.24, 2.45) is 0 Å². The average Bonchev–Trinajstić information content (AvgIpc) is 2.65. The zero-order valence-corrected chi connectivity index (χ0v) is 13.3. The van der Waals surface area contributed by atoms with Crippen molar-refractivity contribution in [1.29, 1.82) is 5.26 Å². The standard InChI is InChI=1S/C18H14N2O5/c1-24-17-8-4-13(5-9-17)10-15(11-19)18(21)25-12-14-2-6-16(7-3-14)20(22)23/h2-10H,12H2,1H3/b15-10+. The Bertz CT molecular complexity index is 833. The quantitative estimate of drug-likeness (QED) is 0.263. The molecule has 7 heteroatoms. The molecule has 0 aliphatic carbocycles. The summed E-state index contributed by atoms with van der Waals surface area (Å²) < 4.78 is 10.1. The number of nitrogens with zero attached hydrogens (tertiary/aromatic N) is 2. The van der Waals surface area contributed by atoms with Crippen LogP contribution < -0.4 is 4.74 Å². The molecule has 2 aromatic rings. The number of nitriles is 1. The smallest absolute Gasteiger partial charge is 0.349 e. The van der Waals surface area contributed by atoms with Crippen LogP contribution in [0.15, 0.2) is 54.1 Å². The van der Waals surface area contributed by atoms with E-state index in [1.54, 1.807) is 37.4 Å². The molecule has 0 N–H and O–H groups in total. The van der Waals surface area contributed by atoms with Crippen LogP contribution in [0, 0.1) is 21.4 Å². The molecule has 0 aliphatic heterocycles. The maximum atomic E-state index is 12.0. The van der Waals surface area contributed by atoms with E-state index in [1.165, 1.54) is 30.3 Å². The van der Waals surface area contributed by atoms with Crippen LogP contribution in [-0.2, 0) is 16.1 Å². The number of non-ortho nitro benzene ring substituents is 1. The molecule has 0 bridgehead atoms. The van der Waals surface area contributed by atoms with E-state index in [4.69, 9.17) is 14.7 Å². The number of nitro groups is 1. The lowest BCUT2D eigenvalue weighted by atomic mass is 10.1. The number of benzene rings is 2. The van der Waals surface area contributed by atoms with Crippen molar-refractivity contribution < 1.29 is 19.2 Å². The molecule has 2 aromatic carbocycles. The van der Waals surface area contributed by atoms with Crippen LogP contribution in [0.3, 0.4) is 0 Å². The van der Waals surface area contributed by atoms with Crippen molar-refractivity contribution in [3.05, 3.63) is 75.3 Å². The highest BCUT2D eigenvalue weighted by molar-refractivity contribution is 5.97. The van der Waals surface area contributed by atoms with Gasteiger partial charge in [0.25, 0.3) is 5.69 Å². The fourth-order valence-electron chi connectivity index (χ4n) is 1.94. The maximum Gasteiger partial charge on any atom is 0.349 e. The summed E-state index contributed by atoms with van der Waals surface area (Å²) in [6.45, 7) is -0.0849. The molecule has 7 nitrogen and oxygen atoms in total. The third-order valence-corrected chi connectivity index (χ3v) is 3.28. The van der Waals surface area contributed by atoms with Gasteiger partial charge in [-0.1, -0.05) is 12.1 Å². The predicted molar refractivity (Wildman–Crippen MR) is 89.5 cm³/mol. The van der Waals surface area contributed by atoms with E-state index in [1.807, 2.05) is 0 Å². The summed E-state index contributed by atoms with van der Waals surface area (Å²) in [4.78, 5) is 22.1. The molecule has 0 saturated heterocycles. The number of carbonyl (C=O) groups is 1. The Balaban J connectivity index is 2.02. The molecule has 0 radical (unpaired) electrons. The van der Waals surface area contributed by atoms with Gasteiger partial charge in [-0.25, -0.2) is 4.79 Å². The van der Waals surface area contributed by atoms with E-state index in [-0.39, 0.29) is 17.9 Å². The van der Waals surface area contributed by atoms with Crippen molar-refractivity contribution in [2.45, 2.75) is 6.61 Å². The van der Waals surface area contributed by atoms with E-state index < -0.39 is 10.9 Å². The summed E-state index contributed by atoms with van der Waals surface area (Å²) in [6, 6.07) is 14.3. The molecule has 2 rings (SSSR count). The van der Waals surface area contributed by atoms with E-state index in [0.717, 1.165) is 0 Å². The van der Waals surface area contributed by atoms with Crippen molar-refractivity contribution in [3.8, 4) is 11.8 Å². The van der Waals surface area contributed by atoms with Crippen LogP contribution in [0.25, 0.3) is 6.08 Å². The van der Waals surface area contributed by atoms with Crippen LogP contribution in [0.2, 0.25) is 0 Å². The zero-order valence-electron chi connectivity index (χ0n) is 13.3. The Morgan fingerprint density at radius 2 is 1.84 bits per heavy atom. The SMILES string of the molecule is COc1ccc(/C=C(\C#N)C(=O)OCc2ccc([N+](=O)[O-])cc2)cc1. The van der Waals surface area contributed by atoms with Crippen molar-refractivity contribution in [3.63, 3.8) is 0 Å². The lowest BCUT2D eigenvalue weighted by Gasteiger charge is -2.04. The number of hydrogen-bond donors (Lipinski definition) is 0. The Morgan fingerprint density at radius 1 is 1.20 bits per heavy atom. The second kappa shape index (κ2) is 8.26. The van der Waals surface area contributed by atoms with Gasteiger partial charge in [0, 0.05) is 12.1 Å². The average molecular weight is 338 g/mol. The van der Waals surface area contributed by atoms with E-state index >= 15 is 0 Å². The Kier molecular flexibility index (Phi) is 5.85. The van der Waals surface area contributed by atoms with Crippen molar-refractivity contribution in [1.82, 2.24) is 0 Å². The molecule has 0 unspecified atom stereocenters. The highest BCUT2D eigenvalue weighted by Crippen LogP contribution is 2.16. The van der Waals surface area contributed by atoms with Gasteiger partial charge in [0.05, 0.1) is 12.0 Å². The normalized spacial score (nSPS) is 10.6. The summed E-state index contributed by atoms with van der Waals surface area (Å²) in [6.07, 6.45) is 1.41.